The molecule has 0 saturated heterocycles. The summed E-state index contributed by atoms with van der Waals surface area (Å²) in [7, 11) is -3.35. The zero-order chi connectivity index (χ0) is 32.1. The number of methoxy groups -OCH3 is 1. The van der Waals surface area contributed by atoms with Gasteiger partial charge in [-0.1, -0.05) is 29.8 Å². The van der Waals surface area contributed by atoms with Gasteiger partial charge >= 0.3 is 0 Å². The largest absolute Gasteiger partial charge is 0.495 e. The van der Waals surface area contributed by atoms with Gasteiger partial charge in [0.05, 0.1) is 22.6 Å². The molecule has 0 radical (unpaired) electrons. The van der Waals surface area contributed by atoms with Gasteiger partial charge in [-0.25, -0.2) is 12.8 Å². The zero-order valence-corrected chi connectivity index (χ0v) is 25.8. The van der Waals surface area contributed by atoms with Crippen molar-refractivity contribution in [3.05, 3.63) is 92.7 Å². The van der Waals surface area contributed by atoms with Gasteiger partial charge in [0.25, 0.3) is 15.7 Å². The van der Waals surface area contributed by atoms with E-state index in [0.29, 0.717) is 5.56 Å². The standard InChI is InChI=1S/C29H32ClFN4O7S/c1-18(2)32-29(37)20(4)33(16-21-7-10-23(31)11-8-21)28(36)17-34(26-14-22(30)9-13-27(26)42-5)43(40,41)24-12-6-19(3)25(15-24)35(38)39/h6-15,18,20H,16-17H2,1-5H3,(H,32,37)/t20-/m1/s1. The molecule has 230 valence electrons. The smallest absolute Gasteiger partial charge is 0.273 e. The van der Waals surface area contributed by atoms with Gasteiger partial charge in [-0.2, -0.15) is 0 Å². The lowest BCUT2D eigenvalue weighted by Gasteiger charge is -2.32. The number of halogens is 2. The number of nitro benzene ring substituents is 1. The molecule has 3 rings (SSSR count). The molecule has 1 atom stereocenters. The maximum absolute atomic E-state index is 14.1. The Balaban J connectivity index is 2.16. The van der Waals surface area contributed by atoms with E-state index >= 15 is 0 Å². The summed E-state index contributed by atoms with van der Waals surface area (Å²) in [5, 5.41) is 14.5. The number of anilines is 1. The Morgan fingerprint density at radius 3 is 2.30 bits per heavy atom. The van der Waals surface area contributed by atoms with E-state index < -0.39 is 55.7 Å². The number of sulfonamides is 1. The molecule has 0 aromatic heterocycles. The Kier molecular flexibility index (Phi) is 10.7. The molecule has 11 nitrogen and oxygen atoms in total. The van der Waals surface area contributed by atoms with Crippen LogP contribution in [0.2, 0.25) is 5.02 Å². The zero-order valence-electron chi connectivity index (χ0n) is 24.2. The fourth-order valence-corrected chi connectivity index (χ4v) is 5.82. The summed E-state index contributed by atoms with van der Waals surface area (Å²) in [6, 6.07) is 11.5. The molecule has 14 heteroatoms. The van der Waals surface area contributed by atoms with Gasteiger partial charge in [0.15, 0.2) is 0 Å². The van der Waals surface area contributed by atoms with E-state index in [9.17, 15) is 32.5 Å². The van der Waals surface area contributed by atoms with E-state index in [1.165, 1.54) is 80.5 Å². The first-order valence-corrected chi connectivity index (χ1v) is 14.9. The number of rotatable bonds is 12. The van der Waals surface area contributed by atoms with Gasteiger partial charge in [0.1, 0.15) is 24.2 Å². The van der Waals surface area contributed by atoms with Crippen LogP contribution in [0.3, 0.4) is 0 Å². The summed E-state index contributed by atoms with van der Waals surface area (Å²) >= 11 is 6.22. The molecule has 2 amide bonds. The second kappa shape index (κ2) is 13.8. The van der Waals surface area contributed by atoms with Crippen LogP contribution >= 0.6 is 11.6 Å². The maximum atomic E-state index is 14.1. The van der Waals surface area contributed by atoms with Crippen LogP contribution in [0.1, 0.15) is 31.9 Å². The van der Waals surface area contributed by atoms with Crippen LogP contribution in [-0.2, 0) is 26.2 Å². The van der Waals surface area contributed by atoms with Gasteiger partial charge in [0, 0.05) is 29.2 Å². The first kappa shape index (κ1) is 33.3. The minimum Gasteiger partial charge on any atom is -0.495 e. The van der Waals surface area contributed by atoms with E-state index in [1.807, 2.05) is 0 Å². The lowest BCUT2D eigenvalue weighted by molar-refractivity contribution is -0.385. The van der Waals surface area contributed by atoms with Crippen molar-refractivity contribution in [2.45, 2.75) is 51.2 Å². The van der Waals surface area contributed by atoms with E-state index in [4.69, 9.17) is 16.3 Å². The fraction of sp³-hybridized carbons (Fsp3) is 0.310. The van der Waals surface area contributed by atoms with Crippen LogP contribution in [0.25, 0.3) is 0 Å². The quantitative estimate of drug-likeness (QED) is 0.222. The van der Waals surface area contributed by atoms with Gasteiger partial charge in [0.2, 0.25) is 11.8 Å². The van der Waals surface area contributed by atoms with Crippen molar-refractivity contribution in [2.24, 2.45) is 0 Å². The van der Waals surface area contributed by atoms with Gasteiger partial charge in [-0.05, 0) is 69.7 Å². The van der Waals surface area contributed by atoms with E-state index in [-0.39, 0.29) is 34.6 Å². The van der Waals surface area contributed by atoms with E-state index in [2.05, 4.69) is 5.32 Å². The molecule has 0 aliphatic heterocycles. The average Bonchev–Trinajstić information content (AvgIpc) is 2.94. The molecule has 43 heavy (non-hydrogen) atoms. The normalized spacial score (nSPS) is 12.0. The third-order valence-corrected chi connectivity index (χ3v) is 8.51. The van der Waals surface area contributed by atoms with Crippen LogP contribution in [0.4, 0.5) is 15.8 Å². The molecule has 0 heterocycles. The Labute approximate surface area is 254 Å². The minimum atomic E-state index is -4.66. The van der Waals surface area contributed by atoms with Crippen molar-refractivity contribution in [1.29, 1.82) is 0 Å². The highest BCUT2D eigenvalue weighted by Crippen LogP contribution is 2.36. The molecule has 0 aliphatic carbocycles. The molecular weight excluding hydrogens is 603 g/mol. The maximum Gasteiger partial charge on any atom is 0.273 e. The van der Waals surface area contributed by atoms with Crippen molar-refractivity contribution in [2.75, 3.05) is 18.0 Å². The summed E-state index contributed by atoms with van der Waals surface area (Å²) < 4.78 is 47.9. The highest BCUT2D eigenvalue weighted by atomic mass is 35.5. The molecule has 0 bridgehead atoms. The Morgan fingerprint density at radius 1 is 1.07 bits per heavy atom. The molecule has 0 fully saturated rings. The summed E-state index contributed by atoms with van der Waals surface area (Å²) in [5.41, 5.74) is 0.195. The first-order valence-electron chi connectivity index (χ1n) is 13.1. The lowest BCUT2D eigenvalue weighted by atomic mass is 10.1. The predicted molar refractivity (Wildman–Crippen MR) is 160 cm³/mol. The number of carbonyl (C=O) groups is 2. The topological polar surface area (TPSA) is 139 Å². The van der Waals surface area contributed by atoms with Crippen LogP contribution in [0.5, 0.6) is 5.75 Å². The fourth-order valence-electron chi connectivity index (χ4n) is 4.22. The van der Waals surface area contributed by atoms with E-state index in [0.717, 1.165) is 10.4 Å². The summed E-state index contributed by atoms with van der Waals surface area (Å²) in [5.74, 6) is -1.72. The molecular formula is C29H32ClFN4O7S. The van der Waals surface area contributed by atoms with Crippen molar-refractivity contribution < 1.29 is 32.1 Å². The first-order chi connectivity index (χ1) is 20.1. The third-order valence-electron chi connectivity index (χ3n) is 6.52. The van der Waals surface area contributed by atoms with Crippen LogP contribution in [0.15, 0.2) is 65.6 Å². The molecule has 0 saturated carbocycles. The van der Waals surface area contributed by atoms with Gasteiger partial charge in [-0.3, -0.25) is 24.0 Å². The summed E-state index contributed by atoms with van der Waals surface area (Å²) in [6.45, 7) is 5.46. The second-order valence-electron chi connectivity index (χ2n) is 10.0. The molecule has 0 aliphatic rings. The van der Waals surface area contributed by atoms with Gasteiger partial charge in [-0.15, -0.1) is 0 Å². The van der Waals surface area contributed by atoms with Crippen molar-refractivity contribution in [3.63, 3.8) is 0 Å². The monoisotopic (exact) mass is 634 g/mol. The average molecular weight is 635 g/mol. The molecule has 0 spiro atoms. The Morgan fingerprint density at radius 2 is 1.72 bits per heavy atom. The highest BCUT2D eigenvalue weighted by Gasteiger charge is 2.35. The molecule has 3 aromatic rings. The summed E-state index contributed by atoms with van der Waals surface area (Å²) in [4.78, 5) is 38.6. The number of benzene rings is 3. The molecule has 1 N–H and O–H groups in total. The van der Waals surface area contributed by atoms with Crippen molar-refractivity contribution in [1.82, 2.24) is 10.2 Å². The third kappa shape index (κ3) is 7.99. The molecule has 0 unspecified atom stereocenters. The number of carbonyl (C=O) groups excluding carboxylic acids is 2. The number of nitro groups is 1. The van der Waals surface area contributed by atoms with Crippen LogP contribution < -0.4 is 14.4 Å². The number of ether oxygens (including phenoxy) is 1. The Hall–Kier alpha value is -4.23. The number of hydrogen-bond donors (Lipinski definition) is 1. The van der Waals surface area contributed by atoms with Crippen molar-refractivity contribution >= 4 is 44.8 Å². The van der Waals surface area contributed by atoms with E-state index in [1.54, 1.807) is 13.8 Å². The number of hydrogen-bond acceptors (Lipinski definition) is 7. The summed E-state index contributed by atoms with van der Waals surface area (Å²) in [6.07, 6.45) is 0. The predicted octanol–water partition coefficient (Wildman–Crippen LogP) is 4.84. The minimum absolute atomic E-state index is 0.0538. The Bertz CT molecular complexity index is 1620. The number of nitrogens with zero attached hydrogens (tertiary/aromatic N) is 3. The number of aryl methyl sites for hydroxylation is 1. The van der Waals surface area contributed by atoms with Crippen LogP contribution in [0, 0.1) is 22.9 Å². The molecule has 3 aromatic carbocycles. The SMILES string of the molecule is COc1ccc(Cl)cc1N(CC(=O)N(Cc1ccc(F)cc1)[C@H](C)C(=O)NC(C)C)S(=O)(=O)c1ccc(C)c([N+](=O)[O-])c1. The van der Waals surface area contributed by atoms with Gasteiger partial charge < -0.3 is 15.0 Å². The second-order valence-corrected chi connectivity index (χ2v) is 12.3. The highest BCUT2D eigenvalue weighted by molar-refractivity contribution is 7.92. The number of nitrogens with one attached hydrogen (secondary N) is 1. The van der Waals surface area contributed by atoms with Crippen molar-refractivity contribution in [3.8, 4) is 5.75 Å². The lowest BCUT2D eigenvalue weighted by Crippen LogP contribution is -2.52. The number of amides is 2. The van der Waals surface area contributed by atoms with Crippen LogP contribution in [-0.4, -0.2) is 55.8 Å².